The number of nitrogens with one attached hydrogen (secondary N) is 1. The van der Waals surface area contributed by atoms with Gasteiger partial charge in [-0.1, -0.05) is 30.3 Å². The lowest BCUT2D eigenvalue weighted by molar-refractivity contribution is 0.0922. The van der Waals surface area contributed by atoms with Gasteiger partial charge in [-0.05, 0) is 30.9 Å². The third-order valence-corrected chi connectivity index (χ3v) is 4.45. The Bertz CT molecular complexity index is 637. The average Bonchev–Trinajstić information content (AvgIpc) is 3.00. The van der Waals surface area contributed by atoms with E-state index < -0.39 is 0 Å². The molecule has 1 atom stereocenters. The van der Waals surface area contributed by atoms with E-state index in [1.54, 1.807) is 17.1 Å². The van der Waals surface area contributed by atoms with Crippen molar-refractivity contribution in [3.8, 4) is 0 Å². The molecule has 0 unspecified atom stereocenters. The minimum Gasteiger partial charge on any atom is -0.350 e. The maximum Gasteiger partial charge on any atom is 0.269 e. The van der Waals surface area contributed by atoms with Gasteiger partial charge in [0.1, 0.15) is 5.69 Å². The van der Waals surface area contributed by atoms with Crippen LogP contribution >= 0.6 is 0 Å². The first-order valence-corrected chi connectivity index (χ1v) is 8.23. The molecule has 1 aromatic carbocycles. The van der Waals surface area contributed by atoms with E-state index in [9.17, 15) is 4.79 Å². The quantitative estimate of drug-likeness (QED) is 0.919. The van der Waals surface area contributed by atoms with Crippen LogP contribution in [0.15, 0.2) is 42.9 Å². The molecule has 5 heteroatoms. The van der Waals surface area contributed by atoms with E-state index in [-0.39, 0.29) is 5.91 Å². The average molecular weight is 312 g/mol. The van der Waals surface area contributed by atoms with Crippen LogP contribution in [0.3, 0.4) is 0 Å². The summed E-state index contributed by atoms with van der Waals surface area (Å²) in [5.41, 5.74) is 1.97. The molecule has 3 rings (SSSR count). The summed E-state index contributed by atoms with van der Waals surface area (Å²) >= 11 is 0. The number of carbonyl (C=O) groups is 1. The summed E-state index contributed by atoms with van der Waals surface area (Å²) in [6, 6.07) is 10.6. The van der Waals surface area contributed by atoms with Gasteiger partial charge in [0, 0.05) is 26.7 Å². The molecule has 1 fully saturated rings. The summed E-state index contributed by atoms with van der Waals surface area (Å²) < 4.78 is 1.75. The van der Waals surface area contributed by atoms with Gasteiger partial charge in [-0.3, -0.25) is 9.69 Å². The summed E-state index contributed by atoms with van der Waals surface area (Å²) in [5, 5.41) is 3.05. The number of hydrogen-bond acceptors (Lipinski definition) is 3. The van der Waals surface area contributed by atoms with Gasteiger partial charge in [0.25, 0.3) is 5.91 Å². The number of benzene rings is 1. The third kappa shape index (κ3) is 4.20. The van der Waals surface area contributed by atoms with Gasteiger partial charge >= 0.3 is 0 Å². The predicted octanol–water partition coefficient (Wildman–Crippen LogP) is 2.06. The maximum atomic E-state index is 12.2. The summed E-state index contributed by atoms with van der Waals surface area (Å²) in [6.07, 6.45) is 5.63. The van der Waals surface area contributed by atoms with E-state index in [0.29, 0.717) is 11.6 Å². The van der Waals surface area contributed by atoms with E-state index >= 15 is 0 Å². The topological polar surface area (TPSA) is 50.2 Å². The van der Waals surface area contributed by atoms with Gasteiger partial charge in [0.2, 0.25) is 0 Å². The highest BCUT2D eigenvalue weighted by Crippen LogP contribution is 2.18. The first kappa shape index (κ1) is 15.7. The summed E-state index contributed by atoms with van der Waals surface area (Å²) in [6.45, 7) is 3.91. The number of nitrogens with zero attached hydrogens (tertiary/aromatic N) is 3. The highest BCUT2D eigenvalue weighted by Gasteiger charge is 2.21. The van der Waals surface area contributed by atoms with Gasteiger partial charge in [0.15, 0.2) is 0 Å². The van der Waals surface area contributed by atoms with Crippen LogP contribution in [0.1, 0.15) is 28.9 Å². The fraction of sp³-hybridized carbons (Fsp3) is 0.444. The molecule has 1 aliphatic rings. The molecule has 1 aliphatic heterocycles. The van der Waals surface area contributed by atoms with Crippen molar-refractivity contribution >= 4 is 5.91 Å². The Kier molecular flexibility index (Phi) is 5.08. The highest BCUT2D eigenvalue weighted by molar-refractivity contribution is 5.92. The van der Waals surface area contributed by atoms with Gasteiger partial charge in [-0.2, -0.15) is 0 Å². The second kappa shape index (κ2) is 7.42. The minimum absolute atomic E-state index is 0.0369. The van der Waals surface area contributed by atoms with Crippen molar-refractivity contribution in [3.05, 3.63) is 54.1 Å². The molecular formula is C18H24N4O. The van der Waals surface area contributed by atoms with Crippen LogP contribution in [0, 0.1) is 5.92 Å². The minimum atomic E-state index is -0.0369. The number of likely N-dealkylation sites (tertiary alicyclic amines) is 1. The Morgan fingerprint density at radius 3 is 2.91 bits per heavy atom. The van der Waals surface area contributed by atoms with E-state index in [2.05, 4.69) is 45.5 Å². The highest BCUT2D eigenvalue weighted by atomic mass is 16.1. The molecular weight excluding hydrogens is 288 g/mol. The molecule has 0 bridgehead atoms. The third-order valence-electron chi connectivity index (χ3n) is 4.45. The zero-order chi connectivity index (χ0) is 16.1. The molecule has 1 N–H and O–H groups in total. The van der Waals surface area contributed by atoms with Crippen molar-refractivity contribution < 1.29 is 4.79 Å². The van der Waals surface area contributed by atoms with Crippen molar-refractivity contribution in [1.82, 2.24) is 19.8 Å². The van der Waals surface area contributed by atoms with Crippen molar-refractivity contribution in [2.24, 2.45) is 13.0 Å². The van der Waals surface area contributed by atoms with Crippen LogP contribution in [0.4, 0.5) is 0 Å². The van der Waals surface area contributed by atoms with E-state index in [1.807, 2.05) is 7.05 Å². The van der Waals surface area contributed by atoms with Crippen LogP contribution in [0.25, 0.3) is 0 Å². The lowest BCUT2D eigenvalue weighted by Gasteiger charge is -2.32. The zero-order valence-corrected chi connectivity index (χ0v) is 13.6. The van der Waals surface area contributed by atoms with Crippen LogP contribution in [0.2, 0.25) is 0 Å². The normalized spacial score (nSPS) is 18.7. The van der Waals surface area contributed by atoms with E-state index in [4.69, 9.17) is 0 Å². The Morgan fingerprint density at radius 2 is 2.17 bits per heavy atom. The van der Waals surface area contributed by atoms with Gasteiger partial charge < -0.3 is 9.88 Å². The Labute approximate surface area is 137 Å². The molecule has 1 aromatic heterocycles. The predicted molar refractivity (Wildman–Crippen MR) is 90.0 cm³/mol. The lowest BCUT2D eigenvalue weighted by atomic mass is 9.97. The molecule has 0 spiro atoms. The number of amides is 1. The molecule has 1 amide bonds. The second-order valence-electron chi connectivity index (χ2n) is 6.33. The van der Waals surface area contributed by atoms with Crippen LogP contribution in [-0.2, 0) is 13.6 Å². The Morgan fingerprint density at radius 1 is 1.35 bits per heavy atom. The molecule has 5 nitrogen and oxygen atoms in total. The first-order chi connectivity index (χ1) is 11.2. The monoisotopic (exact) mass is 312 g/mol. The number of imidazole rings is 1. The Balaban J connectivity index is 1.49. The van der Waals surface area contributed by atoms with Crippen LogP contribution < -0.4 is 5.32 Å². The largest absolute Gasteiger partial charge is 0.350 e. The second-order valence-corrected chi connectivity index (χ2v) is 6.33. The van der Waals surface area contributed by atoms with Crippen molar-refractivity contribution in [2.45, 2.75) is 19.4 Å². The maximum absolute atomic E-state index is 12.2. The standard InChI is InChI=1S/C18H24N4O/c1-21-14-19-11-17(21)18(23)20-10-16-8-5-9-22(13-16)12-15-6-3-2-4-7-15/h2-4,6-7,11,14,16H,5,8-10,12-13H2,1H3,(H,20,23)/t16-/m1/s1. The molecule has 0 aliphatic carbocycles. The number of carbonyl (C=O) groups excluding carboxylic acids is 1. The molecule has 0 saturated carbocycles. The van der Waals surface area contributed by atoms with E-state index in [1.165, 1.54) is 18.4 Å². The summed E-state index contributed by atoms with van der Waals surface area (Å²) in [4.78, 5) is 18.6. The fourth-order valence-electron chi connectivity index (χ4n) is 3.21. The molecule has 0 radical (unpaired) electrons. The zero-order valence-electron chi connectivity index (χ0n) is 13.6. The SMILES string of the molecule is Cn1cncc1C(=O)NC[C@H]1CCCN(Cc2ccccc2)C1. The Hall–Kier alpha value is -2.14. The molecule has 1 saturated heterocycles. The molecule has 122 valence electrons. The molecule has 2 aromatic rings. The van der Waals surface area contributed by atoms with Crippen molar-refractivity contribution in [1.29, 1.82) is 0 Å². The summed E-state index contributed by atoms with van der Waals surface area (Å²) in [5.74, 6) is 0.481. The number of hydrogen-bond donors (Lipinski definition) is 1. The number of aromatic nitrogens is 2. The summed E-state index contributed by atoms with van der Waals surface area (Å²) in [7, 11) is 1.84. The lowest BCUT2D eigenvalue weighted by Crippen LogP contribution is -2.40. The number of rotatable bonds is 5. The van der Waals surface area contributed by atoms with Crippen molar-refractivity contribution in [3.63, 3.8) is 0 Å². The van der Waals surface area contributed by atoms with Crippen molar-refractivity contribution in [2.75, 3.05) is 19.6 Å². The molecule has 23 heavy (non-hydrogen) atoms. The first-order valence-electron chi connectivity index (χ1n) is 8.23. The number of aryl methyl sites for hydroxylation is 1. The van der Waals surface area contributed by atoms with Crippen LogP contribution in [-0.4, -0.2) is 40.0 Å². The number of piperidine rings is 1. The van der Waals surface area contributed by atoms with Gasteiger partial charge in [0.05, 0.1) is 12.5 Å². The molecule has 2 heterocycles. The van der Waals surface area contributed by atoms with Crippen LogP contribution in [0.5, 0.6) is 0 Å². The fourth-order valence-corrected chi connectivity index (χ4v) is 3.21. The van der Waals surface area contributed by atoms with Gasteiger partial charge in [-0.15, -0.1) is 0 Å². The smallest absolute Gasteiger partial charge is 0.269 e. The van der Waals surface area contributed by atoms with Gasteiger partial charge in [-0.25, -0.2) is 4.98 Å². The van der Waals surface area contributed by atoms with E-state index in [0.717, 1.165) is 26.2 Å².